The van der Waals surface area contributed by atoms with E-state index >= 15 is 0 Å². The molecule has 4 nitrogen and oxygen atoms in total. The summed E-state index contributed by atoms with van der Waals surface area (Å²) in [4.78, 5) is 21.2. The van der Waals surface area contributed by atoms with Crippen LogP contribution in [0.3, 0.4) is 0 Å². The Kier molecular flexibility index (Phi) is 6.44. The lowest BCUT2D eigenvalue weighted by Crippen LogP contribution is -2.07. The Morgan fingerprint density at radius 2 is 1.92 bits per heavy atom. The molecule has 0 bridgehead atoms. The van der Waals surface area contributed by atoms with Crippen molar-refractivity contribution in [2.45, 2.75) is 14.4 Å². The first-order valence-electron chi connectivity index (χ1n) is 3.18. The normalized spacial score (nSPS) is 9.85. The number of hydrogen-bond acceptors (Lipinski definition) is 3. The van der Waals surface area contributed by atoms with E-state index in [1.165, 1.54) is 14.0 Å². The Labute approximate surface area is 77.5 Å². The number of aliphatic carboxylic acids is 1. The molecule has 1 N–H and O–H groups in total. The van der Waals surface area contributed by atoms with Crippen LogP contribution in [0, 0.1) is 0 Å². The summed E-state index contributed by atoms with van der Waals surface area (Å²) in [6.07, 6.45) is 0.705. The molecule has 4 heteroatoms. The number of carbonyl (C=O) groups is 2. The van der Waals surface area contributed by atoms with E-state index in [1.54, 1.807) is 0 Å². The molecule has 0 unspecified atom stereocenters. The fourth-order valence-electron chi connectivity index (χ4n) is 0.540. The molecule has 13 heavy (non-hydrogen) atoms. The van der Waals surface area contributed by atoms with Gasteiger partial charge in [-0.2, -0.15) is 0 Å². The van der Waals surface area contributed by atoms with Gasteiger partial charge in [0.2, 0.25) is 5.78 Å². The van der Waals surface area contributed by atoms with E-state index in [0.29, 0.717) is 6.08 Å². The third-order valence-electron chi connectivity index (χ3n) is 1.09. The molecule has 0 aromatic rings. The number of carboxylic acid groups (broad SMARTS) is 1. The van der Waals surface area contributed by atoms with Gasteiger partial charge < -0.3 is 9.84 Å². The van der Waals surface area contributed by atoms with Gasteiger partial charge >= 0.3 is 5.97 Å². The van der Waals surface area contributed by atoms with Crippen molar-refractivity contribution < 1.29 is 19.4 Å². The first-order valence-corrected chi connectivity index (χ1v) is 3.18. The number of ketones is 1. The van der Waals surface area contributed by atoms with E-state index in [-0.39, 0.29) is 18.8 Å². The molecule has 0 aliphatic carbocycles. The van der Waals surface area contributed by atoms with Crippen LogP contribution in [0.15, 0.2) is 24.0 Å². The molecule has 74 valence electrons. The van der Waals surface area contributed by atoms with Crippen molar-refractivity contribution >= 4 is 11.8 Å². The quantitative estimate of drug-likeness (QED) is 0.532. The van der Waals surface area contributed by atoms with E-state index in [0.717, 1.165) is 0 Å². The lowest BCUT2D eigenvalue weighted by atomic mass is 10.2. The number of allylic oxidation sites excluding steroid dienone is 1. The highest BCUT2D eigenvalue weighted by molar-refractivity contribution is 6.08. The lowest BCUT2D eigenvalue weighted by Gasteiger charge is -2.02. The Bertz CT molecular complexity index is 250. The standard InChI is InChI=1S/C8H10O4.CH4/c1-5(2)8(11)6(12-3)4-7(9)10;/h4H,1H2,2-3H3,(H,9,10);1H4. The molecule has 0 radical (unpaired) electrons. The van der Waals surface area contributed by atoms with Gasteiger partial charge in [0.15, 0.2) is 5.76 Å². The largest absolute Gasteiger partial charge is 0.492 e. The first kappa shape index (κ1) is 14.0. The van der Waals surface area contributed by atoms with Gasteiger partial charge in [0, 0.05) is 0 Å². The molecule has 0 aromatic carbocycles. The number of carboxylic acids is 1. The van der Waals surface area contributed by atoms with Gasteiger partial charge in [-0.3, -0.25) is 4.79 Å². The predicted molar refractivity (Wildman–Crippen MR) is 49.3 cm³/mol. The van der Waals surface area contributed by atoms with Crippen molar-refractivity contribution in [3.63, 3.8) is 0 Å². The number of Topliss-reactive ketones (excluding diaryl/α,β-unsaturated/α-hetero) is 1. The van der Waals surface area contributed by atoms with Crippen molar-refractivity contribution in [2.75, 3.05) is 7.11 Å². The first-order chi connectivity index (χ1) is 5.49. The molecule has 0 saturated carbocycles. The molecular weight excluding hydrogens is 172 g/mol. The highest BCUT2D eigenvalue weighted by Crippen LogP contribution is 2.03. The molecular formula is C9H14O4. The topological polar surface area (TPSA) is 63.6 Å². The number of carbonyl (C=O) groups excluding carboxylic acids is 1. The van der Waals surface area contributed by atoms with Gasteiger partial charge in [0.05, 0.1) is 13.2 Å². The average Bonchev–Trinajstić information content (AvgIpc) is 1.98. The zero-order valence-electron chi connectivity index (χ0n) is 6.96. The number of hydrogen-bond donors (Lipinski definition) is 1. The summed E-state index contributed by atoms with van der Waals surface area (Å²) < 4.78 is 4.55. The molecule has 0 heterocycles. The molecule has 0 saturated heterocycles. The van der Waals surface area contributed by atoms with E-state index in [4.69, 9.17) is 5.11 Å². The van der Waals surface area contributed by atoms with Crippen LogP contribution in [0.1, 0.15) is 14.4 Å². The minimum atomic E-state index is -1.22. The molecule has 0 rings (SSSR count). The molecule has 0 spiro atoms. The highest BCUT2D eigenvalue weighted by atomic mass is 16.5. The van der Waals surface area contributed by atoms with Crippen LogP contribution in [0.25, 0.3) is 0 Å². The summed E-state index contributed by atoms with van der Waals surface area (Å²) in [5.41, 5.74) is 0.240. The third kappa shape index (κ3) is 4.79. The zero-order chi connectivity index (χ0) is 9.72. The Morgan fingerprint density at radius 1 is 1.46 bits per heavy atom. The Balaban J connectivity index is 0. The molecule has 0 atom stereocenters. The fourth-order valence-corrected chi connectivity index (χ4v) is 0.540. The predicted octanol–water partition coefficient (Wildman–Crippen LogP) is 1.38. The minimum absolute atomic E-state index is 0. The Morgan fingerprint density at radius 3 is 2.15 bits per heavy atom. The maximum atomic E-state index is 11.1. The van der Waals surface area contributed by atoms with E-state index in [2.05, 4.69) is 11.3 Å². The van der Waals surface area contributed by atoms with Crippen molar-refractivity contribution in [1.82, 2.24) is 0 Å². The van der Waals surface area contributed by atoms with E-state index in [9.17, 15) is 9.59 Å². The summed E-state index contributed by atoms with van der Waals surface area (Å²) >= 11 is 0. The van der Waals surface area contributed by atoms with Crippen LogP contribution in [0.5, 0.6) is 0 Å². The Hall–Kier alpha value is -1.58. The molecule has 0 amide bonds. The second kappa shape index (κ2) is 5.99. The zero-order valence-corrected chi connectivity index (χ0v) is 6.96. The smallest absolute Gasteiger partial charge is 0.332 e. The maximum absolute atomic E-state index is 11.1. The number of methoxy groups -OCH3 is 1. The van der Waals surface area contributed by atoms with Crippen LogP contribution in [-0.2, 0) is 14.3 Å². The van der Waals surface area contributed by atoms with Gasteiger partial charge in [-0.15, -0.1) is 0 Å². The summed E-state index contributed by atoms with van der Waals surface area (Å²) in [6.45, 7) is 4.85. The summed E-state index contributed by atoms with van der Waals surface area (Å²) in [7, 11) is 1.23. The molecule has 0 aliphatic heterocycles. The van der Waals surface area contributed by atoms with Crippen molar-refractivity contribution in [3.8, 4) is 0 Å². The van der Waals surface area contributed by atoms with Gasteiger partial charge in [-0.05, 0) is 12.5 Å². The summed E-state index contributed by atoms with van der Waals surface area (Å²) in [5, 5.41) is 8.31. The van der Waals surface area contributed by atoms with Crippen LogP contribution < -0.4 is 0 Å². The summed E-state index contributed by atoms with van der Waals surface area (Å²) in [5.74, 6) is -1.93. The SMILES string of the molecule is C.C=C(C)C(=O)C(=CC(=O)O)OC. The van der Waals surface area contributed by atoms with Gasteiger partial charge in [0.1, 0.15) is 0 Å². The van der Waals surface area contributed by atoms with Crippen molar-refractivity contribution in [3.05, 3.63) is 24.0 Å². The van der Waals surface area contributed by atoms with Crippen LogP contribution in [-0.4, -0.2) is 24.0 Å². The van der Waals surface area contributed by atoms with Crippen LogP contribution in [0.2, 0.25) is 0 Å². The maximum Gasteiger partial charge on any atom is 0.332 e. The van der Waals surface area contributed by atoms with Gasteiger partial charge in [-0.25, -0.2) is 4.79 Å². The number of ether oxygens (including phenoxy) is 1. The second-order valence-corrected chi connectivity index (χ2v) is 2.16. The minimum Gasteiger partial charge on any atom is -0.492 e. The van der Waals surface area contributed by atoms with Crippen molar-refractivity contribution in [2.24, 2.45) is 0 Å². The number of rotatable bonds is 4. The van der Waals surface area contributed by atoms with Crippen LogP contribution in [0.4, 0.5) is 0 Å². The van der Waals surface area contributed by atoms with Gasteiger partial charge in [0.25, 0.3) is 0 Å². The lowest BCUT2D eigenvalue weighted by molar-refractivity contribution is -0.132. The van der Waals surface area contributed by atoms with E-state index < -0.39 is 11.8 Å². The highest BCUT2D eigenvalue weighted by Gasteiger charge is 2.11. The van der Waals surface area contributed by atoms with Gasteiger partial charge in [-0.1, -0.05) is 14.0 Å². The summed E-state index contributed by atoms with van der Waals surface area (Å²) in [6, 6.07) is 0. The monoisotopic (exact) mass is 186 g/mol. The van der Waals surface area contributed by atoms with Crippen molar-refractivity contribution in [1.29, 1.82) is 0 Å². The fraction of sp³-hybridized carbons (Fsp3) is 0.333. The molecule has 0 aliphatic rings. The molecule has 0 fully saturated rings. The third-order valence-corrected chi connectivity index (χ3v) is 1.09. The molecule has 0 aromatic heterocycles. The second-order valence-electron chi connectivity index (χ2n) is 2.16. The average molecular weight is 186 g/mol. The van der Waals surface area contributed by atoms with E-state index in [1.807, 2.05) is 0 Å². The van der Waals surface area contributed by atoms with Crippen LogP contribution >= 0.6 is 0 Å².